The van der Waals surface area contributed by atoms with Gasteiger partial charge in [-0.25, -0.2) is 113 Å². The Morgan fingerprint density at radius 1 is 0.200 bits per heavy atom. The predicted octanol–water partition coefficient (Wildman–Crippen LogP) is 17.6. The first-order valence-corrected chi connectivity index (χ1v) is 39.9. The maximum Gasteiger partial charge on any atom is 0.394 e. The standard InChI is InChI=1S/C15H22F6O4.C14H19F7O4.C14H22F2O6.C13H20F4O4.C13H22F2O4.C12H20O6/c1-5-12(2,3)11(23)24-6-10(22)25-9-15(20,21)8-14(18,19)7-13(4,16)17;1-4-11(2,3)10(23)24-5-9(22)25-8-13(17,18)6-12(15,16)7-14(19,20)21;1-5-13(2,3)12(19)22-9-11(18)21-8-10(17)20-7-6-14(4,15)16;1-5-11(2,3)10(19)20-6-9(18)21-8-13(16,17)7-12(4,14)15;1-5-12(2,3)11(17)19-8-6-10(16)18-9-7-13(4,14)15;1-5-12(3,4)11(15)18-8-10(14)17-7-9(13)16-6-2/h5-9H2,1-4H3;4-8H2,1-3H3;5-9H2,1-4H3;5-8H2,1-4H3;5-9H2,1-4H3;5-8H2,1-4H3. The molecule has 28 nitrogen and oxygen atoms in total. The van der Waals surface area contributed by atoms with Crippen molar-refractivity contribution in [2.24, 2.45) is 32.5 Å². The number of hydrogen-bond donors (Lipinski definition) is 0. The van der Waals surface area contributed by atoms with Crippen LogP contribution in [0.15, 0.2) is 0 Å². The van der Waals surface area contributed by atoms with Gasteiger partial charge in [0.2, 0.25) is 11.8 Å². The molecule has 0 aromatic rings. The Labute approximate surface area is 740 Å². The lowest BCUT2D eigenvalue weighted by atomic mass is 9.91. The van der Waals surface area contributed by atoms with E-state index in [2.05, 4.69) is 52.1 Å². The van der Waals surface area contributed by atoms with Crippen molar-refractivity contribution in [2.75, 3.05) is 92.5 Å². The molecule has 0 aliphatic rings. The molecule has 0 N–H and O–H groups in total. The molecule has 0 heterocycles. The van der Waals surface area contributed by atoms with Crippen LogP contribution in [0.5, 0.6) is 0 Å². The number of rotatable bonds is 51. The van der Waals surface area contributed by atoms with Crippen molar-refractivity contribution in [3.63, 3.8) is 0 Å². The Hall–Kier alpha value is -8.89. The van der Waals surface area contributed by atoms with Gasteiger partial charge in [-0.3, -0.25) is 33.6 Å². The third-order valence-electron chi connectivity index (χ3n) is 17.3. The maximum absolute atomic E-state index is 13.4. The van der Waals surface area contributed by atoms with Gasteiger partial charge >= 0.3 is 89.7 Å². The minimum Gasteiger partial charge on any atom is -0.465 e. The summed E-state index contributed by atoms with van der Waals surface area (Å²) in [6, 6.07) is 0. The minimum atomic E-state index is -5.32. The second-order valence-electron chi connectivity index (χ2n) is 33.3. The Balaban J connectivity index is -0.000000356. The molecule has 130 heavy (non-hydrogen) atoms. The summed E-state index contributed by atoms with van der Waals surface area (Å²) in [6.07, 6.45) is -14.7. The van der Waals surface area contributed by atoms with Gasteiger partial charge in [0.1, 0.15) is 13.0 Å². The van der Waals surface area contributed by atoms with Crippen molar-refractivity contribution in [1.29, 1.82) is 0 Å². The van der Waals surface area contributed by atoms with E-state index in [-0.39, 0.29) is 39.1 Å². The molecule has 0 saturated carbocycles. The van der Waals surface area contributed by atoms with Crippen LogP contribution in [0.1, 0.15) is 249 Å². The molecular weight excluding hydrogens is 1820 g/mol. The molecule has 0 unspecified atom stereocenters. The molecule has 49 heteroatoms. The molecule has 0 rings (SSSR count). The van der Waals surface area contributed by atoms with E-state index in [4.69, 9.17) is 14.2 Å². The summed E-state index contributed by atoms with van der Waals surface area (Å²) in [6.45, 7) is 23.0. The van der Waals surface area contributed by atoms with Crippen LogP contribution in [0.4, 0.5) is 92.2 Å². The van der Waals surface area contributed by atoms with Crippen LogP contribution in [0, 0.1) is 32.5 Å². The summed E-state index contributed by atoms with van der Waals surface area (Å²) >= 11 is 0. The van der Waals surface area contributed by atoms with Gasteiger partial charge < -0.3 is 66.3 Å². The van der Waals surface area contributed by atoms with Crippen molar-refractivity contribution in [3.05, 3.63) is 0 Å². The summed E-state index contributed by atoms with van der Waals surface area (Å²) < 4.78 is 330. The SMILES string of the molecule is CCC(C)(C)C(=O)OCC(=O)OCC(=O)OCCC(C)(F)F.CCC(C)(C)C(=O)OCC(=O)OCC(F)(F)CC(C)(F)F.CCC(C)(C)C(=O)OCC(=O)OCC(F)(F)CC(F)(F)CC(C)(F)F.CCC(C)(C)C(=O)OCC(=O)OCC(F)(F)CC(F)(F)CC(F)(F)F.CCC(C)(C)C(=O)OCCC(=O)OCCC(C)(F)F.CCOC(=O)COC(=O)COC(=O)C(C)(C)CC. The van der Waals surface area contributed by atoms with Gasteiger partial charge in [0.05, 0.1) is 84.4 Å². The highest BCUT2D eigenvalue weighted by molar-refractivity contribution is 5.84. The van der Waals surface area contributed by atoms with Crippen molar-refractivity contribution in [3.8, 4) is 0 Å². The molecule has 0 radical (unpaired) electrons. The lowest BCUT2D eigenvalue weighted by Crippen LogP contribution is -2.37. The van der Waals surface area contributed by atoms with E-state index in [9.17, 15) is 159 Å². The molecule has 0 aliphatic carbocycles. The zero-order chi connectivity index (χ0) is 104. The number of ether oxygens (including phenoxy) is 14. The summed E-state index contributed by atoms with van der Waals surface area (Å²) in [5.41, 5.74) is -4.57. The first-order valence-electron chi connectivity index (χ1n) is 39.9. The maximum atomic E-state index is 13.4. The summed E-state index contributed by atoms with van der Waals surface area (Å²) in [5.74, 6) is -46.2. The first-order chi connectivity index (χ1) is 58.2. The number of hydrogen-bond acceptors (Lipinski definition) is 28. The molecule has 0 fully saturated rings. The van der Waals surface area contributed by atoms with Crippen molar-refractivity contribution < 1.29 is 226 Å². The van der Waals surface area contributed by atoms with E-state index in [0.29, 0.717) is 52.4 Å². The minimum absolute atomic E-state index is 0.0936. The second kappa shape index (κ2) is 58.2. The highest BCUT2D eigenvalue weighted by atomic mass is 19.4. The third kappa shape index (κ3) is 72.8. The van der Waals surface area contributed by atoms with Crippen molar-refractivity contribution in [1.82, 2.24) is 0 Å². The molecule has 0 atom stereocenters. The molecule has 0 bridgehead atoms. The van der Waals surface area contributed by atoms with E-state index in [1.165, 1.54) is 13.8 Å². The summed E-state index contributed by atoms with van der Waals surface area (Å²) in [5, 5.41) is 0. The van der Waals surface area contributed by atoms with Crippen molar-refractivity contribution >= 4 is 83.6 Å². The largest absolute Gasteiger partial charge is 0.465 e. The van der Waals surface area contributed by atoms with Crippen LogP contribution < -0.4 is 0 Å². The number of esters is 14. The van der Waals surface area contributed by atoms with Crippen LogP contribution >= 0.6 is 0 Å². The molecule has 0 aliphatic heterocycles. The van der Waals surface area contributed by atoms with Gasteiger partial charge in [0, 0.05) is 12.8 Å². The Kier molecular flexibility index (Phi) is 59.0. The fourth-order valence-electron chi connectivity index (χ4n) is 7.17. The van der Waals surface area contributed by atoms with Crippen LogP contribution in [0.2, 0.25) is 0 Å². The number of carbonyl (C=O) groups is 14. The average molecular weight is 1950 g/mol. The molecular formula is C81H125F21O28. The number of carbonyl (C=O) groups excluding carboxylic acids is 14. The van der Waals surface area contributed by atoms with Crippen LogP contribution in [-0.2, 0) is 133 Å². The highest BCUT2D eigenvalue weighted by Crippen LogP contribution is 2.41. The zero-order valence-electron chi connectivity index (χ0n) is 77.2. The number of alkyl halides is 21. The normalized spacial score (nSPS) is 12.5. The Morgan fingerprint density at radius 3 is 0.631 bits per heavy atom. The van der Waals surface area contributed by atoms with Crippen LogP contribution in [0.25, 0.3) is 0 Å². The molecule has 0 aromatic carbocycles. The fraction of sp³-hybridized carbons (Fsp3) is 0.827. The lowest BCUT2D eigenvalue weighted by Gasteiger charge is -2.25. The van der Waals surface area contributed by atoms with Crippen LogP contribution in [-0.4, -0.2) is 236 Å². The topological polar surface area (TPSA) is 368 Å². The monoisotopic (exact) mass is 1940 g/mol. The average Bonchev–Trinajstić information content (AvgIpc) is 0.843. The van der Waals surface area contributed by atoms with Gasteiger partial charge in [-0.1, -0.05) is 41.5 Å². The predicted molar refractivity (Wildman–Crippen MR) is 414 cm³/mol. The summed E-state index contributed by atoms with van der Waals surface area (Å²) in [4.78, 5) is 159. The zero-order valence-corrected chi connectivity index (χ0v) is 77.2. The van der Waals surface area contributed by atoms with E-state index in [0.717, 1.165) is 6.92 Å². The van der Waals surface area contributed by atoms with E-state index in [1.54, 1.807) is 104 Å². The Bertz CT molecular complexity index is 3400. The van der Waals surface area contributed by atoms with E-state index in [1.807, 2.05) is 13.8 Å². The lowest BCUT2D eigenvalue weighted by molar-refractivity contribution is -0.213. The highest BCUT2D eigenvalue weighted by Gasteiger charge is 2.52. The third-order valence-corrected chi connectivity index (χ3v) is 17.3. The van der Waals surface area contributed by atoms with Gasteiger partial charge in [0.15, 0.2) is 66.1 Å². The quantitative estimate of drug-likeness (QED) is 0.0310. The number of halogens is 21. The second-order valence-corrected chi connectivity index (χ2v) is 33.3. The van der Waals surface area contributed by atoms with Gasteiger partial charge in [-0.15, -0.1) is 0 Å². The first kappa shape index (κ1) is 132. The molecule has 764 valence electrons. The molecule has 0 saturated heterocycles. The summed E-state index contributed by atoms with van der Waals surface area (Å²) in [7, 11) is 0. The van der Waals surface area contributed by atoms with Gasteiger partial charge in [0.25, 0.3) is 41.5 Å². The van der Waals surface area contributed by atoms with E-state index < -0.39 is 287 Å². The van der Waals surface area contributed by atoms with Crippen LogP contribution in [0.3, 0.4) is 0 Å². The Morgan fingerprint density at radius 2 is 0.400 bits per heavy atom. The fourth-order valence-corrected chi connectivity index (χ4v) is 7.17. The van der Waals surface area contributed by atoms with Gasteiger partial charge in [-0.2, -0.15) is 13.2 Å². The van der Waals surface area contributed by atoms with E-state index >= 15 is 0 Å². The smallest absolute Gasteiger partial charge is 0.394 e. The molecule has 0 amide bonds. The molecule has 0 spiro atoms. The molecule has 0 aromatic heterocycles. The van der Waals surface area contributed by atoms with Gasteiger partial charge in [-0.05, 0) is 156 Å². The van der Waals surface area contributed by atoms with Crippen molar-refractivity contribution in [2.45, 2.75) is 309 Å².